The van der Waals surface area contributed by atoms with Gasteiger partial charge in [0.05, 0.1) is 23.9 Å². The van der Waals surface area contributed by atoms with E-state index in [-0.39, 0.29) is 35.8 Å². The fraction of sp³-hybridized carbons (Fsp3) is 0.0769. The van der Waals surface area contributed by atoms with E-state index in [9.17, 15) is 24.3 Å². The molecule has 0 radical (unpaired) electrons. The number of hydrogen-bond acceptors (Lipinski definition) is 7. The molecule has 1 heterocycles. The zero-order valence-corrected chi connectivity index (χ0v) is 18.2. The van der Waals surface area contributed by atoms with Gasteiger partial charge in [0.15, 0.2) is 11.6 Å². The zero-order chi connectivity index (χ0) is 24.5. The topological polar surface area (TPSA) is 128 Å². The maximum Gasteiger partial charge on any atom is 0.339 e. The Labute approximate surface area is 198 Å². The molecule has 4 aromatic rings. The van der Waals surface area contributed by atoms with Gasteiger partial charge in [-0.2, -0.15) is 0 Å². The molecule has 0 saturated heterocycles. The van der Waals surface area contributed by atoms with E-state index in [0.717, 1.165) is 5.56 Å². The predicted molar refractivity (Wildman–Crippen MR) is 121 cm³/mol. The Hall–Kier alpha value is -4.92. The lowest BCUT2D eigenvalue weighted by Crippen LogP contribution is -2.21. The lowest BCUT2D eigenvalue weighted by atomic mass is 9.83. The van der Waals surface area contributed by atoms with Crippen LogP contribution in [0, 0.1) is 0 Å². The Kier molecular flexibility index (Phi) is 5.50. The Bertz CT molecular complexity index is 1520. The number of aromatic nitrogens is 3. The number of carbonyl (C=O) groups excluding carboxylic acids is 3. The van der Waals surface area contributed by atoms with Crippen molar-refractivity contribution in [1.29, 1.82) is 0 Å². The van der Waals surface area contributed by atoms with Crippen LogP contribution in [0.1, 0.15) is 63.8 Å². The second kappa shape index (κ2) is 8.79. The Morgan fingerprint density at radius 3 is 2.17 bits per heavy atom. The number of ether oxygens (including phenoxy) is 1. The van der Waals surface area contributed by atoms with E-state index in [4.69, 9.17) is 4.74 Å². The smallest absolute Gasteiger partial charge is 0.339 e. The summed E-state index contributed by atoms with van der Waals surface area (Å²) in [6.07, 6.45) is 1.58. The Morgan fingerprint density at radius 2 is 1.46 bits per heavy atom. The van der Waals surface area contributed by atoms with Gasteiger partial charge >= 0.3 is 11.9 Å². The van der Waals surface area contributed by atoms with Crippen molar-refractivity contribution in [2.45, 2.75) is 13.2 Å². The first-order valence-electron chi connectivity index (χ1n) is 10.6. The number of carboxylic acids is 1. The average molecular weight is 467 g/mol. The standard InChI is InChI=1S/C26H17N3O6/c30-23-17-5-1-2-6-18(17)24(31)22-11-15(9-10-19(22)23)12-29-13-16(27-28-29)14-35-26(34)21-8-4-3-7-20(21)25(32)33/h1-11,13H,12,14H2,(H,32,33). The Morgan fingerprint density at radius 1 is 0.829 bits per heavy atom. The first-order valence-corrected chi connectivity index (χ1v) is 10.6. The quantitative estimate of drug-likeness (QED) is 0.377. The second-order valence-electron chi connectivity index (χ2n) is 7.92. The van der Waals surface area contributed by atoms with Crippen LogP contribution in [-0.4, -0.2) is 43.6 Å². The molecule has 0 fully saturated rings. The van der Waals surface area contributed by atoms with Crippen molar-refractivity contribution in [3.8, 4) is 0 Å². The molecular formula is C26H17N3O6. The van der Waals surface area contributed by atoms with Crippen LogP contribution < -0.4 is 0 Å². The lowest BCUT2D eigenvalue weighted by molar-refractivity contribution is 0.0458. The molecule has 0 unspecified atom stereocenters. The number of esters is 1. The summed E-state index contributed by atoms with van der Waals surface area (Å²) >= 11 is 0. The maximum absolute atomic E-state index is 12.9. The van der Waals surface area contributed by atoms with E-state index in [0.29, 0.717) is 27.9 Å². The van der Waals surface area contributed by atoms with Crippen LogP contribution in [0.3, 0.4) is 0 Å². The van der Waals surface area contributed by atoms with E-state index < -0.39 is 11.9 Å². The molecule has 9 heteroatoms. The fourth-order valence-corrected chi connectivity index (χ4v) is 3.98. The van der Waals surface area contributed by atoms with Crippen LogP contribution in [0.15, 0.2) is 72.9 Å². The molecular weight excluding hydrogens is 450 g/mol. The van der Waals surface area contributed by atoms with Crippen LogP contribution in [0.4, 0.5) is 0 Å². The monoisotopic (exact) mass is 467 g/mol. The molecule has 9 nitrogen and oxygen atoms in total. The van der Waals surface area contributed by atoms with Crippen molar-refractivity contribution < 1.29 is 29.0 Å². The summed E-state index contributed by atoms with van der Waals surface area (Å²) in [6, 6.07) is 17.6. The SMILES string of the molecule is O=C(O)c1ccccc1C(=O)OCc1cn(Cc2ccc3c(c2)C(=O)c2ccccc2C3=O)nn1. The summed E-state index contributed by atoms with van der Waals surface area (Å²) in [7, 11) is 0. The number of carbonyl (C=O) groups is 4. The number of hydrogen-bond donors (Lipinski definition) is 1. The van der Waals surface area contributed by atoms with Crippen LogP contribution >= 0.6 is 0 Å². The van der Waals surface area contributed by atoms with Gasteiger partial charge in [-0.05, 0) is 29.8 Å². The number of carboxylic acid groups (broad SMARTS) is 1. The van der Waals surface area contributed by atoms with E-state index in [1.54, 1.807) is 54.7 Å². The molecule has 1 N–H and O–H groups in total. The van der Waals surface area contributed by atoms with Gasteiger partial charge in [-0.1, -0.05) is 47.7 Å². The van der Waals surface area contributed by atoms with Crippen LogP contribution in [0.5, 0.6) is 0 Å². The molecule has 172 valence electrons. The molecule has 5 rings (SSSR count). The van der Waals surface area contributed by atoms with Crippen molar-refractivity contribution in [3.63, 3.8) is 0 Å². The van der Waals surface area contributed by atoms with Crippen molar-refractivity contribution in [3.05, 3.63) is 118 Å². The highest BCUT2D eigenvalue weighted by Crippen LogP contribution is 2.28. The first kappa shape index (κ1) is 21.9. The zero-order valence-electron chi connectivity index (χ0n) is 18.2. The lowest BCUT2D eigenvalue weighted by Gasteiger charge is -2.18. The van der Waals surface area contributed by atoms with Crippen molar-refractivity contribution >= 4 is 23.5 Å². The van der Waals surface area contributed by atoms with Crippen molar-refractivity contribution in [2.75, 3.05) is 0 Å². The molecule has 0 saturated carbocycles. The first-order chi connectivity index (χ1) is 16.9. The van der Waals surface area contributed by atoms with Gasteiger partial charge in [-0.25, -0.2) is 14.3 Å². The summed E-state index contributed by atoms with van der Waals surface area (Å²) in [5.41, 5.74) is 2.40. The number of nitrogens with zero attached hydrogens (tertiary/aromatic N) is 3. The van der Waals surface area contributed by atoms with Gasteiger partial charge in [0.25, 0.3) is 0 Å². The minimum absolute atomic E-state index is 0.0535. The highest BCUT2D eigenvalue weighted by atomic mass is 16.5. The molecule has 0 atom stereocenters. The highest BCUT2D eigenvalue weighted by molar-refractivity contribution is 6.28. The van der Waals surface area contributed by atoms with Crippen LogP contribution in [0.2, 0.25) is 0 Å². The van der Waals surface area contributed by atoms with E-state index in [1.165, 1.54) is 22.9 Å². The molecule has 0 bridgehead atoms. The molecule has 0 spiro atoms. The maximum atomic E-state index is 12.9. The molecule has 1 aliphatic rings. The molecule has 0 amide bonds. The normalized spacial score (nSPS) is 12.1. The third kappa shape index (κ3) is 4.10. The summed E-state index contributed by atoms with van der Waals surface area (Å²) in [4.78, 5) is 49.3. The number of benzene rings is 3. The van der Waals surface area contributed by atoms with Crippen molar-refractivity contribution in [2.24, 2.45) is 0 Å². The molecule has 0 aliphatic heterocycles. The molecule has 1 aromatic heterocycles. The van der Waals surface area contributed by atoms with E-state index in [1.807, 2.05) is 0 Å². The minimum atomic E-state index is -1.22. The second-order valence-corrected chi connectivity index (χ2v) is 7.92. The average Bonchev–Trinajstić information content (AvgIpc) is 3.33. The van der Waals surface area contributed by atoms with Gasteiger partial charge in [-0.3, -0.25) is 9.59 Å². The molecule has 1 aliphatic carbocycles. The number of aromatic carboxylic acids is 1. The van der Waals surface area contributed by atoms with Gasteiger partial charge in [0.1, 0.15) is 12.3 Å². The molecule has 3 aromatic carbocycles. The summed E-state index contributed by atoms with van der Waals surface area (Å²) in [5.74, 6) is -2.39. The number of ketones is 2. The summed E-state index contributed by atoms with van der Waals surface area (Å²) < 4.78 is 6.71. The van der Waals surface area contributed by atoms with Gasteiger partial charge in [0.2, 0.25) is 0 Å². The number of rotatable bonds is 6. The van der Waals surface area contributed by atoms with Crippen LogP contribution in [0.25, 0.3) is 0 Å². The fourth-order valence-electron chi connectivity index (χ4n) is 3.98. The largest absolute Gasteiger partial charge is 0.478 e. The van der Waals surface area contributed by atoms with Gasteiger partial charge < -0.3 is 9.84 Å². The van der Waals surface area contributed by atoms with Crippen LogP contribution in [-0.2, 0) is 17.9 Å². The predicted octanol–water partition coefficient (Wildman–Crippen LogP) is 3.16. The summed E-state index contributed by atoms with van der Waals surface area (Å²) in [6.45, 7) is 0.0833. The molecule has 35 heavy (non-hydrogen) atoms. The summed E-state index contributed by atoms with van der Waals surface area (Å²) in [5, 5.41) is 17.2. The van der Waals surface area contributed by atoms with E-state index in [2.05, 4.69) is 10.3 Å². The van der Waals surface area contributed by atoms with Gasteiger partial charge in [0, 0.05) is 22.3 Å². The number of fused-ring (bicyclic) bond motifs is 2. The Balaban J connectivity index is 1.29. The van der Waals surface area contributed by atoms with E-state index >= 15 is 0 Å². The minimum Gasteiger partial charge on any atom is -0.478 e. The highest BCUT2D eigenvalue weighted by Gasteiger charge is 2.29. The van der Waals surface area contributed by atoms with Crippen molar-refractivity contribution in [1.82, 2.24) is 15.0 Å². The van der Waals surface area contributed by atoms with Gasteiger partial charge in [-0.15, -0.1) is 5.10 Å². The third-order valence-corrected chi connectivity index (χ3v) is 5.65. The third-order valence-electron chi connectivity index (χ3n) is 5.65.